The summed E-state index contributed by atoms with van der Waals surface area (Å²) in [5, 5.41) is 5.47. The molecule has 1 fully saturated rings. The van der Waals surface area contributed by atoms with Crippen molar-refractivity contribution in [3.05, 3.63) is 65.2 Å². The van der Waals surface area contributed by atoms with Crippen LogP contribution >= 0.6 is 0 Å². The molecule has 1 aliphatic heterocycles. The van der Waals surface area contributed by atoms with Crippen molar-refractivity contribution in [3.8, 4) is 0 Å². The van der Waals surface area contributed by atoms with Gasteiger partial charge in [-0.2, -0.15) is 0 Å². The fourth-order valence-electron chi connectivity index (χ4n) is 3.41. The third-order valence-corrected chi connectivity index (χ3v) is 5.38. The Hall–Kier alpha value is -3.15. The Bertz CT molecular complexity index is 919. The van der Waals surface area contributed by atoms with Crippen molar-refractivity contribution in [3.63, 3.8) is 0 Å². The molecule has 0 radical (unpaired) electrons. The highest BCUT2D eigenvalue weighted by atomic mass is 16.2. The molecule has 0 aliphatic carbocycles. The molecule has 152 valence electrons. The Balaban J connectivity index is 1.71. The molecule has 29 heavy (non-hydrogen) atoms. The second-order valence-electron chi connectivity index (χ2n) is 7.82. The fourth-order valence-corrected chi connectivity index (χ4v) is 3.41. The molecule has 0 saturated carbocycles. The Morgan fingerprint density at radius 1 is 1.07 bits per heavy atom. The van der Waals surface area contributed by atoms with Crippen LogP contribution in [0.4, 0.5) is 10.5 Å². The predicted octanol–water partition coefficient (Wildman–Crippen LogP) is 3.78. The van der Waals surface area contributed by atoms with E-state index in [-0.39, 0.29) is 6.54 Å². The summed E-state index contributed by atoms with van der Waals surface area (Å²) in [7, 11) is 0. The second-order valence-corrected chi connectivity index (χ2v) is 7.82. The van der Waals surface area contributed by atoms with Gasteiger partial charge in [0.25, 0.3) is 5.91 Å². The quantitative estimate of drug-likeness (QED) is 0.733. The zero-order valence-electron chi connectivity index (χ0n) is 17.3. The minimum Gasteiger partial charge on any atom is -0.325 e. The zero-order chi connectivity index (χ0) is 21.2. The highest BCUT2D eigenvalue weighted by molar-refractivity contribution is 6.10. The molecule has 4 amide bonds. The van der Waals surface area contributed by atoms with Crippen LogP contribution in [0.15, 0.2) is 48.5 Å². The minimum absolute atomic E-state index is 0.333. The summed E-state index contributed by atoms with van der Waals surface area (Å²) < 4.78 is 0. The van der Waals surface area contributed by atoms with Crippen LogP contribution in [-0.4, -0.2) is 29.3 Å². The van der Waals surface area contributed by atoms with Gasteiger partial charge in [-0.25, -0.2) is 4.79 Å². The Kier molecular flexibility index (Phi) is 5.73. The van der Waals surface area contributed by atoms with Gasteiger partial charge in [0.05, 0.1) is 0 Å². The lowest BCUT2D eigenvalue weighted by molar-refractivity contribution is -0.133. The first-order chi connectivity index (χ1) is 13.7. The number of hydrogen-bond acceptors (Lipinski definition) is 3. The lowest BCUT2D eigenvalue weighted by Gasteiger charge is -2.22. The van der Waals surface area contributed by atoms with Crippen molar-refractivity contribution >= 4 is 23.5 Å². The number of amides is 4. The third kappa shape index (κ3) is 4.16. The van der Waals surface area contributed by atoms with Crippen molar-refractivity contribution < 1.29 is 14.4 Å². The summed E-state index contributed by atoms with van der Waals surface area (Å²) in [5.41, 5.74) is 2.45. The SMILES string of the molecule is CCc1ccc(NC(=O)CN2C(=O)NC(C)(c3ccc(C(C)C)cc3)C2=O)cc1. The van der Waals surface area contributed by atoms with Gasteiger partial charge in [-0.15, -0.1) is 0 Å². The molecule has 1 atom stereocenters. The first-order valence-electron chi connectivity index (χ1n) is 9.88. The molecule has 1 saturated heterocycles. The largest absolute Gasteiger partial charge is 0.325 e. The van der Waals surface area contributed by atoms with Gasteiger partial charge in [0.15, 0.2) is 0 Å². The van der Waals surface area contributed by atoms with Crippen molar-refractivity contribution in [1.29, 1.82) is 0 Å². The number of nitrogens with one attached hydrogen (secondary N) is 2. The molecule has 3 rings (SSSR count). The van der Waals surface area contributed by atoms with E-state index in [0.29, 0.717) is 17.2 Å². The molecule has 2 aromatic carbocycles. The molecule has 0 aromatic heterocycles. The normalized spacial score (nSPS) is 18.9. The smallest absolute Gasteiger partial charge is 0.325 e. The number of carbonyl (C=O) groups is 3. The maximum Gasteiger partial charge on any atom is 0.325 e. The summed E-state index contributed by atoms with van der Waals surface area (Å²) in [6.07, 6.45) is 0.910. The maximum absolute atomic E-state index is 13.0. The number of imide groups is 1. The monoisotopic (exact) mass is 393 g/mol. The average Bonchev–Trinajstić information content (AvgIpc) is 2.92. The van der Waals surface area contributed by atoms with Crippen molar-refractivity contribution in [2.45, 2.75) is 45.6 Å². The van der Waals surface area contributed by atoms with Crippen LogP contribution in [0.3, 0.4) is 0 Å². The van der Waals surface area contributed by atoms with E-state index in [1.54, 1.807) is 6.92 Å². The van der Waals surface area contributed by atoms with E-state index in [2.05, 4.69) is 31.4 Å². The average molecular weight is 393 g/mol. The molecule has 6 heteroatoms. The number of anilines is 1. The molecular formula is C23H27N3O3. The lowest BCUT2D eigenvalue weighted by Crippen LogP contribution is -2.42. The van der Waals surface area contributed by atoms with Crippen molar-refractivity contribution in [1.82, 2.24) is 10.2 Å². The third-order valence-electron chi connectivity index (χ3n) is 5.38. The summed E-state index contributed by atoms with van der Waals surface area (Å²) in [6.45, 7) is 7.57. The second kappa shape index (κ2) is 8.07. The van der Waals surface area contributed by atoms with Gasteiger partial charge in [-0.1, -0.05) is 57.2 Å². The first kappa shape index (κ1) is 20.6. The molecule has 1 aliphatic rings. The summed E-state index contributed by atoms with van der Waals surface area (Å²) in [5.74, 6) is -0.481. The number of nitrogens with zero attached hydrogens (tertiary/aromatic N) is 1. The van der Waals surface area contributed by atoms with Gasteiger partial charge in [0.2, 0.25) is 5.91 Å². The number of hydrogen-bond donors (Lipinski definition) is 2. The highest BCUT2D eigenvalue weighted by Gasteiger charge is 2.49. The zero-order valence-corrected chi connectivity index (χ0v) is 17.3. The number of benzene rings is 2. The molecule has 2 N–H and O–H groups in total. The van der Waals surface area contributed by atoms with E-state index in [9.17, 15) is 14.4 Å². The van der Waals surface area contributed by atoms with Crippen LogP contribution in [-0.2, 0) is 21.5 Å². The highest BCUT2D eigenvalue weighted by Crippen LogP contribution is 2.30. The Morgan fingerprint density at radius 3 is 2.24 bits per heavy atom. The van der Waals surface area contributed by atoms with Gasteiger partial charge < -0.3 is 10.6 Å². The summed E-state index contributed by atoms with van der Waals surface area (Å²) >= 11 is 0. The fraction of sp³-hybridized carbons (Fsp3) is 0.348. The molecule has 0 bridgehead atoms. The number of urea groups is 1. The van der Waals surface area contributed by atoms with E-state index in [1.807, 2.05) is 48.5 Å². The Labute approximate surface area is 171 Å². The van der Waals surface area contributed by atoms with Crippen molar-refractivity contribution in [2.75, 3.05) is 11.9 Å². The van der Waals surface area contributed by atoms with Gasteiger partial charge >= 0.3 is 6.03 Å². The van der Waals surface area contributed by atoms with Gasteiger partial charge in [-0.3, -0.25) is 14.5 Å². The van der Waals surface area contributed by atoms with Crippen LogP contribution in [0.1, 0.15) is 50.3 Å². The van der Waals surface area contributed by atoms with E-state index >= 15 is 0 Å². The number of carbonyl (C=O) groups excluding carboxylic acids is 3. The van der Waals surface area contributed by atoms with Crippen LogP contribution < -0.4 is 10.6 Å². The van der Waals surface area contributed by atoms with Crippen LogP contribution in [0.2, 0.25) is 0 Å². The summed E-state index contributed by atoms with van der Waals surface area (Å²) in [4.78, 5) is 38.8. The minimum atomic E-state index is -1.18. The number of rotatable bonds is 6. The standard InChI is InChI=1S/C23H27N3O3/c1-5-16-6-12-19(13-7-16)24-20(27)14-26-21(28)23(4,25-22(26)29)18-10-8-17(9-11-18)15(2)3/h6-13,15H,5,14H2,1-4H3,(H,24,27)(H,25,29). The van der Waals surface area contributed by atoms with Crippen LogP contribution in [0.5, 0.6) is 0 Å². The molecule has 6 nitrogen and oxygen atoms in total. The topological polar surface area (TPSA) is 78.5 Å². The van der Waals surface area contributed by atoms with E-state index in [4.69, 9.17) is 0 Å². The number of aryl methyl sites for hydroxylation is 1. The molecular weight excluding hydrogens is 366 g/mol. The molecule has 0 spiro atoms. The van der Waals surface area contributed by atoms with Gasteiger partial charge in [0.1, 0.15) is 12.1 Å². The molecule has 1 heterocycles. The lowest BCUT2D eigenvalue weighted by atomic mass is 9.90. The van der Waals surface area contributed by atoms with E-state index in [1.165, 1.54) is 0 Å². The first-order valence-corrected chi connectivity index (χ1v) is 9.88. The van der Waals surface area contributed by atoms with Crippen LogP contribution in [0, 0.1) is 0 Å². The van der Waals surface area contributed by atoms with Crippen LogP contribution in [0.25, 0.3) is 0 Å². The van der Waals surface area contributed by atoms with Gasteiger partial charge in [0, 0.05) is 5.69 Å². The maximum atomic E-state index is 13.0. The molecule has 2 aromatic rings. The van der Waals surface area contributed by atoms with E-state index in [0.717, 1.165) is 22.4 Å². The molecule has 1 unspecified atom stereocenters. The predicted molar refractivity (Wildman–Crippen MR) is 113 cm³/mol. The summed E-state index contributed by atoms with van der Waals surface area (Å²) in [6, 6.07) is 14.5. The van der Waals surface area contributed by atoms with Gasteiger partial charge in [-0.05, 0) is 48.1 Å². The Morgan fingerprint density at radius 2 is 1.69 bits per heavy atom. The van der Waals surface area contributed by atoms with E-state index < -0.39 is 23.4 Å². The van der Waals surface area contributed by atoms with Crippen molar-refractivity contribution in [2.24, 2.45) is 0 Å².